The second kappa shape index (κ2) is 8.67. The molecule has 1 rings (SSSR count). The summed E-state index contributed by atoms with van der Waals surface area (Å²) in [6.45, 7) is 2.81. The minimum absolute atomic E-state index is 0.377. The maximum absolute atomic E-state index is 11.2. The number of carbonyl (C=O) groups is 1. The topological polar surface area (TPSA) is 55.8 Å². The highest BCUT2D eigenvalue weighted by Gasteiger charge is 2.21. The molecule has 1 N–H and O–H groups in total. The van der Waals surface area contributed by atoms with Crippen molar-refractivity contribution in [1.82, 2.24) is 0 Å². The number of esters is 1. The van der Waals surface area contributed by atoms with Gasteiger partial charge in [-0.05, 0) is 25.3 Å². The predicted octanol–water partition coefficient (Wildman–Crippen LogP) is 2.15. The number of rotatable bonds is 8. The van der Waals surface area contributed by atoms with Gasteiger partial charge in [0.15, 0.2) is 0 Å². The molecular formula is C15H22O4. The van der Waals surface area contributed by atoms with E-state index in [-0.39, 0.29) is 5.97 Å². The summed E-state index contributed by atoms with van der Waals surface area (Å²) in [6, 6.07) is 9.93. The summed E-state index contributed by atoms with van der Waals surface area (Å²) < 4.78 is 10.1. The van der Waals surface area contributed by atoms with Gasteiger partial charge in [0.2, 0.25) is 0 Å². The van der Waals surface area contributed by atoms with Crippen LogP contribution in [0, 0.1) is 5.92 Å². The summed E-state index contributed by atoms with van der Waals surface area (Å²) in [5, 5.41) is 9.78. The van der Waals surface area contributed by atoms with Crippen LogP contribution in [0.25, 0.3) is 0 Å². The van der Waals surface area contributed by atoms with Gasteiger partial charge < -0.3 is 14.6 Å². The molecule has 2 atom stereocenters. The standard InChI is InChI=1S/C15H22O4/c1-12(15(17)18-2)14(16)9-6-10-19-11-13-7-4-3-5-8-13/h3-5,7-8,12,14,16H,6,9-11H2,1-2H3/t12-,14-/m1/s1. The number of ether oxygens (including phenoxy) is 2. The van der Waals surface area contributed by atoms with Gasteiger partial charge in [0.1, 0.15) is 0 Å². The smallest absolute Gasteiger partial charge is 0.311 e. The van der Waals surface area contributed by atoms with E-state index in [4.69, 9.17) is 4.74 Å². The quantitative estimate of drug-likeness (QED) is 0.578. The summed E-state index contributed by atoms with van der Waals surface area (Å²) in [4.78, 5) is 11.2. The SMILES string of the molecule is COC(=O)[C@H](C)[C@H](O)CCCOCc1ccccc1. The van der Waals surface area contributed by atoms with Crippen molar-refractivity contribution in [2.45, 2.75) is 32.5 Å². The highest BCUT2D eigenvalue weighted by molar-refractivity contribution is 5.72. The fraction of sp³-hybridized carbons (Fsp3) is 0.533. The average molecular weight is 266 g/mol. The van der Waals surface area contributed by atoms with E-state index in [1.807, 2.05) is 30.3 Å². The first-order valence-corrected chi connectivity index (χ1v) is 6.52. The van der Waals surface area contributed by atoms with Crippen molar-refractivity contribution in [2.24, 2.45) is 5.92 Å². The molecule has 4 nitrogen and oxygen atoms in total. The van der Waals surface area contributed by atoms with Crippen molar-refractivity contribution < 1.29 is 19.4 Å². The average Bonchev–Trinajstić information content (AvgIpc) is 2.46. The number of hydrogen-bond donors (Lipinski definition) is 1. The summed E-state index contributed by atoms with van der Waals surface area (Å²) >= 11 is 0. The largest absolute Gasteiger partial charge is 0.469 e. The first-order chi connectivity index (χ1) is 9.15. The third-order valence-corrected chi connectivity index (χ3v) is 3.05. The van der Waals surface area contributed by atoms with Crippen molar-refractivity contribution in [3.63, 3.8) is 0 Å². The van der Waals surface area contributed by atoms with Crippen molar-refractivity contribution in [3.05, 3.63) is 35.9 Å². The lowest BCUT2D eigenvalue weighted by atomic mass is 10.0. The Bertz CT molecular complexity index is 364. The fourth-order valence-corrected chi connectivity index (χ4v) is 1.75. The van der Waals surface area contributed by atoms with E-state index in [2.05, 4.69) is 4.74 Å². The Morgan fingerprint density at radius 1 is 1.32 bits per heavy atom. The molecule has 0 unspecified atom stereocenters. The van der Waals surface area contributed by atoms with Crippen molar-refractivity contribution in [1.29, 1.82) is 0 Å². The molecule has 106 valence electrons. The molecule has 0 spiro atoms. The zero-order valence-corrected chi connectivity index (χ0v) is 11.5. The Morgan fingerprint density at radius 3 is 2.63 bits per heavy atom. The van der Waals surface area contributed by atoms with Gasteiger partial charge in [0.25, 0.3) is 0 Å². The van der Waals surface area contributed by atoms with Gasteiger partial charge in [-0.15, -0.1) is 0 Å². The Hall–Kier alpha value is -1.39. The molecule has 0 heterocycles. The molecular weight excluding hydrogens is 244 g/mol. The van der Waals surface area contributed by atoms with Crippen molar-refractivity contribution in [3.8, 4) is 0 Å². The zero-order chi connectivity index (χ0) is 14.1. The third kappa shape index (κ3) is 5.85. The molecule has 0 bridgehead atoms. The van der Waals surface area contributed by atoms with Gasteiger partial charge in [-0.3, -0.25) is 4.79 Å². The van der Waals surface area contributed by atoms with Crippen LogP contribution in [-0.4, -0.2) is 30.9 Å². The van der Waals surface area contributed by atoms with E-state index in [0.717, 1.165) is 12.0 Å². The highest BCUT2D eigenvalue weighted by atomic mass is 16.5. The Labute approximate surface area is 114 Å². The normalized spacial score (nSPS) is 13.8. The minimum atomic E-state index is -0.673. The van der Waals surface area contributed by atoms with Crippen molar-refractivity contribution >= 4 is 5.97 Å². The first-order valence-electron chi connectivity index (χ1n) is 6.52. The summed E-state index contributed by atoms with van der Waals surface area (Å²) in [5.74, 6) is -0.864. The van der Waals surface area contributed by atoms with Crippen LogP contribution in [0.3, 0.4) is 0 Å². The Morgan fingerprint density at radius 2 is 2.00 bits per heavy atom. The van der Waals surface area contributed by atoms with Crippen LogP contribution in [0.15, 0.2) is 30.3 Å². The van der Waals surface area contributed by atoms with Crippen LogP contribution in [0.5, 0.6) is 0 Å². The molecule has 0 aliphatic rings. The van der Waals surface area contributed by atoms with Gasteiger partial charge in [0.05, 0.1) is 25.7 Å². The summed E-state index contributed by atoms with van der Waals surface area (Å²) in [7, 11) is 1.33. The summed E-state index contributed by atoms with van der Waals surface area (Å²) in [6.07, 6.45) is 0.577. The molecule has 0 saturated heterocycles. The molecule has 4 heteroatoms. The second-order valence-corrected chi connectivity index (χ2v) is 4.56. The lowest BCUT2D eigenvalue weighted by molar-refractivity contribution is -0.148. The zero-order valence-electron chi connectivity index (χ0n) is 11.5. The maximum atomic E-state index is 11.2. The molecule has 0 aliphatic carbocycles. The Kier molecular flexibility index (Phi) is 7.15. The van der Waals surface area contributed by atoms with E-state index in [0.29, 0.717) is 19.6 Å². The monoisotopic (exact) mass is 266 g/mol. The first kappa shape index (κ1) is 15.7. The van der Waals surface area contributed by atoms with Crippen LogP contribution >= 0.6 is 0 Å². The van der Waals surface area contributed by atoms with Crippen molar-refractivity contribution in [2.75, 3.05) is 13.7 Å². The van der Waals surface area contributed by atoms with Gasteiger partial charge >= 0.3 is 5.97 Å². The molecule has 0 amide bonds. The van der Waals surface area contributed by atoms with Gasteiger partial charge in [0, 0.05) is 6.61 Å². The lowest BCUT2D eigenvalue weighted by Crippen LogP contribution is -2.26. The minimum Gasteiger partial charge on any atom is -0.469 e. The number of carbonyl (C=O) groups excluding carboxylic acids is 1. The lowest BCUT2D eigenvalue weighted by Gasteiger charge is -2.16. The number of benzene rings is 1. The number of hydrogen-bond acceptors (Lipinski definition) is 4. The van der Waals surface area contributed by atoms with Crippen LogP contribution < -0.4 is 0 Å². The van der Waals surface area contributed by atoms with Crippen LogP contribution in [0.1, 0.15) is 25.3 Å². The van der Waals surface area contributed by atoms with E-state index >= 15 is 0 Å². The molecule has 0 fully saturated rings. The molecule has 0 saturated carbocycles. The molecule has 1 aromatic rings. The molecule has 0 radical (unpaired) electrons. The summed E-state index contributed by atoms with van der Waals surface area (Å²) in [5.41, 5.74) is 1.13. The molecule has 0 aromatic heterocycles. The molecule has 0 aliphatic heterocycles. The molecule has 19 heavy (non-hydrogen) atoms. The van der Waals surface area contributed by atoms with Gasteiger partial charge in [-0.2, -0.15) is 0 Å². The number of aliphatic hydroxyl groups is 1. The van der Waals surface area contributed by atoms with E-state index in [1.54, 1.807) is 6.92 Å². The number of methoxy groups -OCH3 is 1. The van der Waals surface area contributed by atoms with E-state index in [1.165, 1.54) is 7.11 Å². The fourth-order valence-electron chi connectivity index (χ4n) is 1.75. The number of aliphatic hydroxyl groups excluding tert-OH is 1. The second-order valence-electron chi connectivity index (χ2n) is 4.56. The van der Waals surface area contributed by atoms with Crippen LogP contribution in [0.2, 0.25) is 0 Å². The van der Waals surface area contributed by atoms with Crippen LogP contribution in [0.4, 0.5) is 0 Å². The molecule has 1 aromatic carbocycles. The third-order valence-electron chi connectivity index (χ3n) is 3.05. The van der Waals surface area contributed by atoms with E-state index < -0.39 is 12.0 Å². The van der Waals surface area contributed by atoms with Crippen LogP contribution in [-0.2, 0) is 20.9 Å². The predicted molar refractivity (Wildman–Crippen MR) is 72.5 cm³/mol. The van der Waals surface area contributed by atoms with Gasteiger partial charge in [-0.25, -0.2) is 0 Å². The van der Waals surface area contributed by atoms with Gasteiger partial charge in [-0.1, -0.05) is 30.3 Å². The van der Waals surface area contributed by atoms with E-state index in [9.17, 15) is 9.90 Å². The Balaban J connectivity index is 2.12. The maximum Gasteiger partial charge on any atom is 0.311 e. The highest BCUT2D eigenvalue weighted by Crippen LogP contribution is 2.11.